The van der Waals surface area contributed by atoms with Gasteiger partial charge in [-0.05, 0) is 34.9 Å². The molecular formula is C16H14F3NO3. The molecule has 0 saturated carbocycles. The second-order valence-electron chi connectivity index (χ2n) is 4.91. The minimum atomic E-state index is -4.84. The minimum absolute atomic E-state index is 0.257. The Morgan fingerprint density at radius 1 is 1.13 bits per heavy atom. The maximum Gasteiger partial charge on any atom is 0.573 e. The number of hydrogen-bond acceptors (Lipinski definition) is 3. The second kappa shape index (κ2) is 6.70. The van der Waals surface area contributed by atoms with Gasteiger partial charge in [-0.2, -0.15) is 0 Å². The summed E-state index contributed by atoms with van der Waals surface area (Å²) in [7, 11) is 0. The molecule has 0 amide bonds. The van der Waals surface area contributed by atoms with E-state index in [1.807, 2.05) is 0 Å². The van der Waals surface area contributed by atoms with Gasteiger partial charge in [0.15, 0.2) is 0 Å². The van der Waals surface area contributed by atoms with E-state index in [0.717, 1.165) is 6.07 Å². The molecule has 0 aliphatic rings. The van der Waals surface area contributed by atoms with Crippen LogP contribution in [0.1, 0.15) is 18.0 Å². The van der Waals surface area contributed by atoms with Crippen molar-refractivity contribution in [2.75, 3.05) is 0 Å². The number of rotatable bonds is 5. The Morgan fingerprint density at radius 2 is 1.78 bits per heavy atom. The lowest BCUT2D eigenvalue weighted by Gasteiger charge is -2.16. The van der Waals surface area contributed by atoms with Crippen LogP contribution >= 0.6 is 0 Å². The van der Waals surface area contributed by atoms with E-state index in [9.17, 15) is 18.0 Å². The van der Waals surface area contributed by atoms with Crippen LogP contribution in [0.25, 0.3) is 11.1 Å². The molecule has 1 atom stereocenters. The molecule has 0 aromatic heterocycles. The number of nitrogens with two attached hydrogens (primary N) is 1. The topological polar surface area (TPSA) is 72.6 Å². The van der Waals surface area contributed by atoms with E-state index < -0.39 is 30.5 Å². The average molecular weight is 325 g/mol. The van der Waals surface area contributed by atoms with Crippen LogP contribution in [0, 0.1) is 0 Å². The Balaban J connectivity index is 2.45. The number of carboxylic acids is 1. The van der Waals surface area contributed by atoms with Crippen LogP contribution in [-0.4, -0.2) is 17.4 Å². The predicted molar refractivity (Wildman–Crippen MR) is 77.7 cm³/mol. The maximum absolute atomic E-state index is 12.5. The molecule has 2 aromatic rings. The lowest BCUT2D eigenvalue weighted by atomic mass is 9.98. The van der Waals surface area contributed by atoms with Crippen LogP contribution in [0.15, 0.2) is 48.5 Å². The number of alkyl halides is 3. The number of hydrogen-bond donors (Lipinski definition) is 2. The summed E-state index contributed by atoms with van der Waals surface area (Å²) in [5.41, 5.74) is 7.15. The minimum Gasteiger partial charge on any atom is -0.481 e. The molecule has 0 saturated heterocycles. The highest BCUT2D eigenvalue weighted by Gasteiger charge is 2.31. The number of aliphatic carboxylic acids is 1. The fourth-order valence-electron chi connectivity index (χ4n) is 2.13. The van der Waals surface area contributed by atoms with Crippen molar-refractivity contribution in [2.24, 2.45) is 5.73 Å². The number of carboxylic acid groups (broad SMARTS) is 1. The fraction of sp³-hybridized carbons (Fsp3) is 0.188. The van der Waals surface area contributed by atoms with Gasteiger partial charge in [-0.25, -0.2) is 0 Å². The van der Waals surface area contributed by atoms with Crippen LogP contribution < -0.4 is 10.5 Å². The third-order valence-electron chi connectivity index (χ3n) is 3.09. The van der Waals surface area contributed by atoms with E-state index in [0.29, 0.717) is 11.1 Å². The Bertz CT molecular complexity index is 687. The molecule has 0 radical (unpaired) electrons. The van der Waals surface area contributed by atoms with Gasteiger partial charge in [0.2, 0.25) is 0 Å². The quantitative estimate of drug-likeness (QED) is 0.878. The largest absolute Gasteiger partial charge is 0.573 e. The molecule has 0 fully saturated rings. The van der Waals surface area contributed by atoms with E-state index >= 15 is 0 Å². The summed E-state index contributed by atoms with van der Waals surface area (Å²) < 4.78 is 41.4. The molecule has 23 heavy (non-hydrogen) atoms. The summed E-state index contributed by atoms with van der Waals surface area (Å²) >= 11 is 0. The first-order valence-corrected chi connectivity index (χ1v) is 6.68. The molecule has 3 N–H and O–H groups in total. The van der Waals surface area contributed by atoms with E-state index in [-0.39, 0.29) is 5.56 Å². The molecule has 0 heterocycles. The standard InChI is InChI=1S/C16H14F3NO3/c17-16(18,19)23-13-7-11(10-4-2-1-3-5-10)6-12(8-13)14(20)9-15(21)22/h1-8,14H,9,20H2,(H,21,22)/t14-/m0/s1. The SMILES string of the molecule is N[C@@H](CC(=O)O)c1cc(OC(F)(F)F)cc(-c2ccccc2)c1. The van der Waals surface area contributed by atoms with Crippen molar-refractivity contribution >= 4 is 5.97 Å². The summed E-state index contributed by atoms with van der Waals surface area (Å²) in [5.74, 6) is -1.57. The van der Waals surface area contributed by atoms with E-state index in [1.54, 1.807) is 36.4 Å². The monoisotopic (exact) mass is 325 g/mol. The molecule has 0 aliphatic carbocycles. The average Bonchev–Trinajstić information content (AvgIpc) is 2.45. The van der Waals surface area contributed by atoms with Gasteiger partial charge in [-0.1, -0.05) is 30.3 Å². The highest BCUT2D eigenvalue weighted by atomic mass is 19.4. The van der Waals surface area contributed by atoms with Crippen molar-refractivity contribution in [3.8, 4) is 16.9 Å². The Kier molecular flexibility index (Phi) is 4.90. The highest BCUT2D eigenvalue weighted by molar-refractivity contribution is 5.69. The van der Waals surface area contributed by atoms with Crippen LogP contribution in [0.2, 0.25) is 0 Å². The molecular weight excluding hydrogens is 311 g/mol. The first-order valence-electron chi connectivity index (χ1n) is 6.68. The Hall–Kier alpha value is -2.54. The third kappa shape index (κ3) is 5.00. The fourth-order valence-corrected chi connectivity index (χ4v) is 2.13. The van der Waals surface area contributed by atoms with Crippen LogP contribution in [0.4, 0.5) is 13.2 Å². The summed E-state index contributed by atoms with van der Waals surface area (Å²) in [6.07, 6.45) is -5.24. The van der Waals surface area contributed by atoms with Gasteiger partial charge in [0.25, 0.3) is 0 Å². The zero-order valence-electron chi connectivity index (χ0n) is 11.9. The summed E-state index contributed by atoms with van der Waals surface area (Å²) in [6, 6.07) is 11.7. The molecule has 0 spiro atoms. The van der Waals surface area contributed by atoms with Crippen LogP contribution in [-0.2, 0) is 4.79 Å². The predicted octanol–water partition coefficient (Wildman–Crippen LogP) is 3.73. The van der Waals surface area contributed by atoms with Crippen molar-refractivity contribution < 1.29 is 27.8 Å². The number of benzene rings is 2. The number of ether oxygens (including phenoxy) is 1. The molecule has 0 unspecified atom stereocenters. The Labute approximate surface area is 130 Å². The van der Waals surface area contributed by atoms with E-state index in [4.69, 9.17) is 10.8 Å². The van der Waals surface area contributed by atoms with Gasteiger partial charge in [0, 0.05) is 6.04 Å². The molecule has 2 rings (SSSR count). The highest BCUT2D eigenvalue weighted by Crippen LogP contribution is 2.32. The van der Waals surface area contributed by atoms with Gasteiger partial charge in [0.1, 0.15) is 5.75 Å². The maximum atomic E-state index is 12.5. The lowest BCUT2D eigenvalue weighted by molar-refractivity contribution is -0.274. The second-order valence-corrected chi connectivity index (χ2v) is 4.91. The van der Waals surface area contributed by atoms with Gasteiger partial charge >= 0.3 is 12.3 Å². The Morgan fingerprint density at radius 3 is 2.35 bits per heavy atom. The molecule has 4 nitrogen and oxygen atoms in total. The van der Waals surface area contributed by atoms with Gasteiger partial charge in [-0.15, -0.1) is 13.2 Å². The molecule has 2 aromatic carbocycles. The first-order chi connectivity index (χ1) is 10.7. The number of halogens is 3. The van der Waals surface area contributed by atoms with E-state index in [1.165, 1.54) is 6.07 Å². The normalized spacial score (nSPS) is 12.7. The molecule has 122 valence electrons. The lowest BCUT2D eigenvalue weighted by Crippen LogP contribution is -2.18. The van der Waals surface area contributed by atoms with Crippen LogP contribution in [0.5, 0.6) is 5.75 Å². The van der Waals surface area contributed by atoms with Gasteiger partial charge in [0.05, 0.1) is 6.42 Å². The van der Waals surface area contributed by atoms with Crippen molar-refractivity contribution in [1.82, 2.24) is 0 Å². The van der Waals surface area contributed by atoms with Crippen molar-refractivity contribution in [3.05, 3.63) is 54.1 Å². The van der Waals surface area contributed by atoms with Crippen molar-refractivity contribution in [1.29, 1.82) is 0 Å². The molecule has 0 bridgehead atoms. The van der Waals surface area contributed by atoms with E-state index in [2.05, 4.69) is 4.74 Å². The summed E-state index contributed by atoms with van der Waals surface area (Å²) in [6.45, 7) is 0. The van der Waals surface area contributed by atoms with Crippen molar-refractivity contribution in [3.63, 3.8) is 0 Å². The van der Waals surface area contributed by atoms with Gasteiger partial charge in [-0.3, -0.25) is 4.79 Å². The summed E-state index contributed by atoms with van der Waals surface area (Å²) in [5, 5.41) is 8.80. The third-order valence-corrected chi connectivity index (χ3v) is 3.09. The smallest absolute Gasteiger partial charge is 0.481 e. The first kappa shape index (κ1) is 16.8. The molecule has 7 heteroatoms. The van der Waals surface area contributed by atoms with Crippen molar-refractivity contribution in [2.45, 2.75) is 18.8 Å². The summed E-state index contributed by atoms with van der Waals surface area (Å²) in [4.78, 5) is 10.8. The number of carbonyl (C=O) groups is 1. The molecule has 0 aliphatic heterocycles. The van der Waals surface area contributed by atoms with Crippen LogP contribution in [0.3, 0.4) is 0 Å². The van der Waals surface area contributed by atoms with Gasteiger partial charge < -0.3 is 15.6 Å². The zero-order valence-corrected chi connectivity index (χ0v) is 11.9. The zero-order chi connectivity index (χ0) is 17.0.